The van der Waals surface area contributed by atoms with Crippen molar-refractivity contribution in [2.24, 2.45) is 0 Å². The average Bonchev–Trinajstić information content (AvgIpc) is 2.77. The third-order valence-corrected chi connectivity index (χ3v) is 5.06. The zero-order valence-corrected chi connectivity index (χ0v) is 17.8. The van der Waals surface area contributed by atoms with Crippen molar-refractivity contribution in [2.75, 3.05) is 20.1 Å². The lowest BCUT2D eigenvalue weighted by Crippen LogP contribution is -2.28. The van der Waals surface area contributed by atoms with Gasteiger partial charge in [-0.25, -0.2) is 0 Å². The van der Waals surface area contributed by atoms with Gasteiger partial charge < -0.3 is 9.84 Å². The summed E-state index contributed by atoms with van der Waals surface area (Å²) >= 11 is 0. The van der Waals surface area contributed by atoms with Crippen LogP contribution in [-0.2, 0) is 4.79 Å². The quantitative estimate of drug-likeness (QED) is 0.482. The van der Waals surface area contributed by atoms with Gasteiger partial charge in [0, 0.05) is 24.1 Å². The maximum Gasteiger partial charge on any atom is 0.317 e. The number of aliphatic carboxylic acids is 1. The summed E-state index contributed by atoms with van der Waals surface area (Å²) in [5, 5.41) is 8.97. The van der Waals surface area contributed by atoms with E-state index in [0.717, 1.165) is 11.1 Å². The largest absolute Gasteiger partial charge is 0.486 e. The van der Waals surface area contributed by atoms with E-state index in [4.69, 9.17) is 9.84 Å². The second-order valence-corrected chi connectivity index (χ2v) is 7.66. The molecule has 3 rings (SSSR count). The van der Waals surface area contributed by atoms with E-state index in [1.165, 1.54) is 0 Å². The Morgan fingerprint density at radius 2 is 1.48 bits per heavy atom. The normalized spacial score (nSPS) is 11.8. The van der Waals surface area contributed by atoms with Crippen molar-refractivity contribution < 1.29 is 19.4 Å². The zero-order chi connectivity index (χ0) is 22.2. The molecule has 0 spiro atoms. The predicted molar refractivity (Wildman–Crippen MR) is 121 cm³/mol. The molecule has 5 nitrogen and oxygen atoms in total. The maximum absolute atomic E-state index is 12.7. The lowest BCUT2D eigenvalue weighted by Gasteiger charge is -2.22. The molecular weight excluding hydrogens is 390 g/mol. The molecule has 0 heterocycles. The van der Waals surface area contributed by atoms with E-state index in [1.807, 2.05) is 61.5 Å². The second kappa shape index (κ2) is 10.5. The minimum Gasteiger partial charge on any atom is -0.486 e. The molecule has 1 N–H and O–H groups in total. The molecule has 0 amide bonds. The molecule has 160 valence electrons. The Kier molecular flexibility index (Phi) is 7.57. The van der Waals surface area contributed by atoms with Crippen LogP contribution >= 0.6 is 0 Å². The average molecular weight is 418 g/mol. The van der Waals surface area contributed by atoms with Crippen LogP contribution in [0.5, 0.6) is 5.75 Å². The van der Waals surface area contributed by atoms with Gasteiger partial charge in [-0.2, -0.15) is 0 Å². The van der Waals surface area contributed by atoms with Crippen LogP contribution in [0.1, 0.15) is 39.6 Å². The van der Waals surface area contributed by atoms with Gasteiger partial charge in [-0.05, 0) is 43.8 Å². The lowest BCUT2D eigenvalue weighted by molar-refractivity contribution is -0.138. The Morgan fingerprint density at radius 1 is 0.903 bits per heavy atom. The third-order valence-electron chi connectivity index (χ3n) is 5.06. The first-order chi connectivity index (χ1) is 14.9. The number of ketones is 1. The van der Waals surface area contributed by atoms with E-state index in [0.29, 0.717) is 29.8 Å². The smallest absolute Gasteiger partial charge is 0.317 e. The summed E-state index contributed by atoms with van der Waals surface area (Å²) in [5.74, 6) is -0.217. The van der Waals surface area contributed by atoms with Gasteiger partial charge in [0.05, 0.1) is 6.54 Å². The summed E-state index contributed by atoms with van der Waals surface area (Å²) in [6.45, 7) is 2.55. The van der Waals surface area contributed by atoms with E-state index >= 15 is 0 Å². The van der Waals surface area contributed by atoms with Crippen molar-refractivity contribution in [3.05, 3.63) is 101 Å². The Bertz CT molecular complexity index is 998. The van der Waals surface area contributed by atoms with Gasteiger partial charge in [0.2, 0.25) is 0 Å². The highest BCUT2D eigenvalue weighted by molar-refractivity contribution is 6.09. The maximum atomic E-state index is 12.7. The van der Waals surface area contributed by atoms with Crippen LogP contribution in [0.25, 0.3) is 0 Å². The Hall–Kier alpha value is -3.44. The number of hydrogen-bond donors (Lipinski definition) is 1. The van der Waals surface area contributed by atoms with Crippen molar-refractivity contribution in [3.8, 4) is 5.75 Å². The first-order valence-corrected chi connectivity index (χ1v) is 10.3. The van der Waals surface area contributed by atoms with E-state index in [2.05, 4.69) is 0 Å². The summed E-state index contributed by atoms with van der Waals surface area (Å²) in [5.41, 5.74) is 3.39. The molecule has 3 aromatic carbocycles. The number of benzene rings is 3. The first kappa shape index (κ1) is 22.2. The zero-order valence-electron chi connectivity index (χ0n) is 17.8. The summed E-state index contributed by atoms with van der Waals surface area (Å²) in [6, 6.07) is 24.5. The molecule has 0 aliphatic heterocycles. The van der Waals surface area contributed by atoms with Crippen molar-refractivity contribution >= 4 is 11.8 Å². The van der Waals surface area contributed by atoms with Crippen LogP contribution in [0.3, 0.4) is 0 Å². The number of rotatable bonds is 10. The highest BCUT2D eigenvalue weighted by Gasteiger charge is 2.16. The van der Waals surface area contributed by atoms with Gasteiger partial charge in [-0.15, -0.1) is 0 Å². The molecule has 0 radical (unpaired) electrons. The number of carbonyl (C=O) groups is 2. The monoisotopic (exact) mass is 417 g/mol. The molecule has 0 fully saturated rings. The summed E-state index contributed by atoms with van der Waals surface area (Å²) in [6.07, 6.45) is 0.411. The number of nitrogens with zero attached hydrogens (tertiary/aromatic N) is 1. The molecule has 1 atom stereocenters. The number of carboxylic acid groups (broad SMARTS) is 1. The number of carboxylic acids is 1. The van der Waals surface area contributed by atoms with E-state index < -0.39 is 5.97 Å². The SMILES string of the molecule is Cc1ccc(C(=O)c2ccc(OC(CCN(C)CC(=O)O)c3ccccc3)cc2)cc1. The lowest BCUT2D eigenvalue weighted by atomic mass is 10.0. The fourth-order valence-corrected chi connectivity index (χ4v) is 3.33. The van der Waals surface area contributed by atoms with Crippen molar-refractivity contribution in [3.63, 3.8) is 0 Å². The predicted octanol–water partition coefficient (Wildman–Crippen LogP) is 4.75. The summed E-state index contributed by atoms with van der Waals surface area (Å²) in [4.78, 5) is 25.4. The topological polar surface area (TPSA) is 66.8 Å². The van der Waals surface area contributed by atoms with Gasteiger partial charge in [-0.3, -0.25) is 14.5 Å². The van der Waals surface area contributed by atoms with Crippen molar-refractivity contribution in [2.45, 2.75) is 19.4 Å². The molecule has 31 heavy (non-hydrogen) atoms. The Balaban J connectivity index is 1.71. The van der Waals surface area contributed by atoms with Crippen LogP contribution < -0.4 is 4.74 Å². The standard InChI is InChI=1S/C26H27NO4/c1-19-8-10-21(11-9-19)26(30)22-12-14-23(15-13-22)31-24(20-6-4-3-5-7-20)16-17-27(2)18-25(28)29/h3-15,24H,16-18H2,1-2H3,(H,28,29). The molecule has 5 heteroatoms. The van der Waals surface area contributed by atoms with Crippen LogP contribution in [-0.4, -0.2) is 41.9 Å². The first-order valence-electron chi connectivity index (χ1n) is 10.3. The Labute approximate surface area is 182 Å². The fourth-order valence-electron chi connectivity index (χ4n) is 3.33. The second-order valence-electron chi connectivity index (χ2n) is 7.66. The fraction of sp³-hybridized carbons (Fsp3) is 0.231. The number of ether oxygens (including phenoxy) is 1. The minimum atomic E-state index is -0.853. The summed E-state index contributed by atoms with van der Waals surface area (Å²) < 4.78 is 6.23. The number of likely N-dealkylation sites (N-methyl/N-ethyl adjacent to an activating group) is 1. The molecule has 0 aliphatic carbocycles. The molecule has 1 unspecified atom stereocenters. The van der Waals surface area contributed by atoms with Crippen LogP contribution in [0, 0.1) is 6.92 Å². The van der Waals surface area contributed by atoms with Crippen LogP contribution in [0.4, 0.5) is 0 Å². The molecule has 0 aromatic heterocycles. The molecule has 0 saturated heterocycles. The van der Waals surface area contributed by atoms with Gasteiger partial charge in [-0.1, -0.05) is 60.2 Å². The van der Waals surface area contributed by atoms with E-state index in [1.54, 1.807) is 36.2 Å². The van der Waals surface area contributed by atoms with Crippen LogP contribution in [0.15, 0.2) is 78.9 Å². The molecule has 3 aromatic rings. The number of aryl methyl sites for hydroxylation is 1. The highest BCUT2D eigenvalue weighted by atomic mass is 16.5. The summed E-state index contributed by atoms with van der Waals surface area (Å²) in [7, 11) is 1.78. The van der Waals surface area contributed by atoms with Crippen LogP contribution in [0.2, 0.25) is 0 Å². The molecule has 0 aliphatic rings. The number of hydrogen-bond acceptors (Lipinski definition) is 4. The third kappa shape index (κ3) is 6.52. The van der Waals surface area contributed by atoms with Crippen molar-refractivity contribution in [1.82, 2.24) is 4.90 Å². The molecular formula is C26H27NO4. The minimum absolute atomic E-state index is 0.0165. The van der Waals surface area contributed by atoms with Gasteiger partial charge in [0.1, 0.15) is 11.9 Å². The van der Waals surface area contributed by atoms with Gasteiger partial charge >= 0.3 is 5.97 Å². The van der Waals surface area contributed by atoms with Gasteiger partial charge in [0.25, 0.3) is 0 Å². The molecule has 0 bridgehead atoms. The van der Waals surface area contributed by atoms with Gasteiger partial charge in [0.15, 0.2) is 5.78 Å². The highest BCUT2D eigenvalue weighted by Crippen LogP contribution is 2.26. The van der Waals surface area contributed by atoms with E-state index in [9.17, 15) is 9.59 Å². The van der Waals surface area contributed by atoms with Crippen molar-refractivity contribution in [1.29, 1.82) is 0 Å². The molecule has 0 saturated carbocycles. The van der Waals surface area contributed by atoms with E-state index in [-0.39, 0.29) is 18.4 Å². The number of carbonyl (C=O) groups excluding carboxylic acids is 1. The Morgan fingerprint density at radius 3 is 2.06 bits per heavy atom.